The van der Waals surface area contributed by atoms with E-state index in [2.05, 4.69) is 42.8 Å². The molecule has 1 aromatic rings. The molecule has 0 spiro atoms. The lowest BCUT2D eigenvalue weighted by atomic mass is 10.0. The van der Waals surface area contributed by atoms with Gasteiger partial charge >= 0.3 is 0 Å². The van der Waals surface area contributed by atoms with Gasteiger partial charge < -0.3 is 5.73 Å². The lowest BCUT2D eigenvalue weighted by molar-refractivity contribution is 0.223. The highest BCUT2D eigenvalue weighted by molar-refractivity contribution is 5.64. The van der Waals surface area contributed by atoms with Gasteiger partial charge in [-0.3, -0.25) is 4.90 Å². The van der Waals surface area contributed by atoms with Crippen molar-refractivity contribution in [3.8, 4) is 0 Å². The molecule has 0 saturated heterocycles. The fourth-order valence-corrected chi connectivity index (χ4v) is 3.06. The van der Waals surface area contributed by atoms with E-state index in [1.54, 1.807) is 0 Å². The second kappa shape index (κ2) is 6.17. The van der Waals surface area contributed by atoms with Gasteiger partial charge in [-0.25, -0.2) is 0 Å². The quantitative estimate of drug-likeness (QED) is 0.863. The Kier molecular flexibility index (Phi) is 4.56. The second-order valence-corrected chi connectivity index (χ2v) is 5.38. The summed E-state index contributed by atoms with van der Waals surface area (Å²) in [5.74, 6) is 0.665. The first-order valence-corrected chi connectivity index (χ1v) is 6.86. The highest BCUT2D eigenvalue weighted by atomic mass is 15.1. The van der Waals surface area contributed by atoms with Gasteiger partial charge in [0.2, 0.25) is 0 Å². The van der Waals surface area contributed by atoms with Crippen molar-refractivity contribution in [2.24, 2.45) is 11.7 Å². The Morgan fingerprint density at radius 3 is 2.72 bits per heavy atom. The Hall–Kier alpha value is -1.12. The standard InChI is InChI=1S/C16H24N2/c1-13(14-7-4-3-5-8-14)12-18(2)16-10-6-9-15(16)11-17/h3-5,7-8,15-16H,1,6,9-12,17H2,2H3. The molecule has 98 valence electrons. The smallest absolute Gasteiger partial charge is 0.0233 e. The monoisotopic (exact) mass is 244 g/mol. The van der Waals surface area contributed by atoms with Gasteiger partial charge in [-0.05, 0) is 43.5 Å². The van der Waals surface area contributed by atoms with Crippen LogP contribution in [-0.4, -0.2) is 31.1 Å². The minimum Gasteiger partial charge on any atom is -0.330 e. The van der Waals surface area contributed by atoms with Crippen LogP contribution >= 0.6 is 0 Å². The van der Waals surface area contributed by atoms with Crippen molar-refractivity contribution in [2.75, 3.05) is 20.1 Å². The first kappa shape index (κ1) is 13.3. The maximum atomic E-state index is 5.85. The van der Waals surface area contributed by atoms with E-state index < -0.39 is 0 Å². The van der Waals surface area contributed by atoms with E-state index in [0.717, 1.165) is 13.1 Å². The third-order valence-corrected chi connectivity index (χ3v) is 4.11. The van der Waals surface area contributed by atoms with E-state index in [9.17, 15) is 0 Å². The fraction of sp³-hybridized carbons (Fsp3) is 0.500. The molecule has 0 bridgehead atoms. The summed E-state index contributed by atoms with van der Waals surface area (Å²) in [6, 6.07) is 11.1. The van der Waals surface area contributed by atoms with Gasteiger partial charge in [0, 0.05) is 12.6 Å². The van der Waals surface area contributed by atoms with Gasteiger partial charge in [-0.1, -0.05) is 43.3 Å². The number of likely N-dealkylation sites (N-methyl/N-ethyl adjacent to an activating group) is 1. The molecule has 1 fully saturated rings. The summed E-state index contributed by atoms with van der Waals surface area (Å²) in [6.45, 7) is 5.96. The Bertz CT molecular complexity index is 385. The summed E-state index contributed by atoms with van der Waals surface area (Å²) in [6.07, 6.45) is 3.87. The van der Waals surface area contributed by atoms with E-state index in [1.807, 2.05) is 6.07 Å². The van der Waals surface area contributed by atoms with Crippen LogP contribution in [0.2, 0.25) is 0 Å². The molecule has 1 aliphatic rings. The van der Waals surface area contributed by atoms with Crippen LogP contribution in [0, 0.1) is 5.92 Å². The van der Waals surface area contributed by atoms with E-state index in [-0.39, 0.29) is 0 Å². The number of rotatable bonds is 5. The maximum Gasteiger partial charge on any atom is 0.0233 e. The number of nitrogens with zero attached hydrogens (tertiary/aromatic N) is 1. The third kappa shape index (κ3) is 3.01. The van der Waals surface area contributed by atoms with Crippen molar-refractivity contribution < 1.29 is 0 Å². The molecule has 0 radical (unpaired) electrons. The molecule has 2 rings (SSSR count). The largest absolute Gasteiger partial charge is 0.330 e. The van der Waals surface area contributed by atoms with Crippen LogP contribution in [0.3, 0.4) is 0 Å². The topological polar surface area (TPSA) is 29.3 Å². The molecule has 18 heavy (non-hydrogen) atoms. The molecule has 0 heterocycles. The average molecular weight is 244 g/mol. The zero-order valence-corrected chi connectivity index (χ0v) is 11.3. The Morgan fingerprint density at radius 2 is 2.06 bits per heavy atom. The van der Waals surface area contributed by atoms with Crippen molar-refractivity contribution in [3.63, 3.8) is 0 Å². The normalized spacial score (nSPS) is 23.5. The summed E-state index contributed by atoms with van der Waals surface area (Å²) in [4.78, 5) is 2.43. The molecule has 2 N–H and O–H groups in total. The van der Waals surface area contributed by atoms with Crippen molar-refractivity contribution in [2.45, 2.75) is 25.3 Å². The van der Waals surface area contributed by atoms with Crippen LogP contribution in [0.5, 0.6) is 0 Å². The lowest BCUT2D eigenvalue weighted by Gasteiger charge is -2.29. The molecule has 1 aromatic carbocycles. The van der Waals surface area contributed by atoms with E-state index in [0.29, 0.717) is 12.0 Å². The average Bonchev–Trinajstić information content (AvgIpc) is 2.88. The Morgan fingerprint density at radius 1 is 1.33 bits per heavy atom. The van der Waals surface area contributed by atoms with E-state index in [1.165, 1.54) is 30.4 Å². The molecule has 2 nitrogen and oxygen atoms in total. The zero-order valence-electron chi connectivity index (χ0n) is 11.3. The minimum absolute atomic E-state index is 0.635. The third-order valence-electron chi connectivity index (χ3n) is 4.11. The van der Waals surface area contributed by atoms with Gasteiger partial charge in [-0.15, -0.1) is 0 Å². The molecular weight excluding hydrogens is 220 g/mol. The van der Waals surface area contributed by atoms with Crippen molar-refractivity contribution in [1.29, 1.82) is 0 Å². The van der Waals surface area contributed by atoms with E-state index in [4.69, 9.17) is 5.73 Å². The molecule has 2 atom stereocenters. The predicted octanol–water partition coefficient (Wildman–Crippen LogP) is 2.76. The number of hydrogen-bond acceptors (Lipinski definition) is 2. The van der Waals surface area contributed by atoms with Gasteiger partial charge in [0.05, 0.1) is 0 Å². The summed E-state index contributed by atoms with van der Waals surface area (Å²) < 4.78 is 0. The van der Waals surface area contributed by atoms with Crippen LogP contribution in [0.15, 0.2) is 36.9 Å². The summed E-state index contributed by atoms with van der Waals surface area (Å²) in [5.41, 5.74) is 8.29. The Labute approximate surface area is 110 Å². The lowest BCUT2D eigenvalue weighted by Crippen LogP contribution is -2.38. The first-order valence-electron chi connectivity index (χ1n) is 6.86. The van der Waals surface area contributed by atoms with Crippen LogP contribution < -0.4 is 5.73 Å². The second-order valence-electron chi connectivity index (χ2n) is 5.38. The number of hydrogen-bond donors (Lipinski definition) is 1. The molecule has 1 saturated carbocycles. The first-order chi connectivity index (χ1) is 8.72. The summed E-state index contributed by atoms with van der Waals surface area (Å²) in [5, 5.41) is 0. The van der Waals surface area contributed by atoms with Crippen molar-refractivity contribution in [3.05, 3.63) is 42.5 Å². The van der Waals surface area contributed by atoms with Gasteiger partial charge in [-0.2, -0.15) is 0 Å². The fourth-order valence-electron chi connectivity index (χ4n) is 3.06. The highest BCUT2D eigenvalue weighted by Gasteiger charge is 2.29. The SMILES string of the molecule is C=C(CN(C)C1CCCC1CN)c1ccccc1. The highest BCUT2D eigenvalue weighted by Crippen LogP contribution is 2.29. The predicted molar refractivity (Wildman–Crippen MR) is 78.3 cm³/mol. The minimum atomic E-state index is 0.635. The summed E-state index contributed by atoms with van der Waals surface area (Å²) >= 11 is 0. The van der Waals surface area contributed by atoms with Crippen LogP contribution in [0.25, 0.3) is 5.57 Å². The van der Waals surface area contributed by atoms with Gasteiger partial charge in [0.1, 0.15) is 0 Å². The molecule has 0 aliphatic heterocycles. The van der Waals surface area contributed by atoms with Gasteiger partial charge in [0.25, 0.3) is 0 Å². The molecule has 0 amide bonds. The van der Waals surface area contributed by atoms with Crippen LogP contribution in [0.4, 0.5) is 0 Å². The maximum absolute atomic E-state index is 5.85. The molecule has 2 heteroatoms. The van der Waals surface area contributed by atoms with Crippen LogP contribution in [-0.2, 0) is 0 Å². The Balaban J connectivity index is 1.95. The zero-order chi connectivity index (χ0) is 13.0. The number of nitrogens with two attached hydrogens (primary N) is 1. The molecular formula is C16H24N2. The molecule has 1 aliphatic carbocycles. The molecule has 2 unspecified atom stereocenters. The number of benzene rings is 1. The summed E-state index contributed by atoms with van der Waals surface area (Å²) in [7, 11) is 2.20. The van der Waals surface area contributed by atoms with Crippen molar-refractivity contribution in [1.82, 2.24) is 4.90 Å². The van der Waals surface area contributed by atoms with E-state index >= 15 is 0 Å². The van der Waals surface area contributed by atoms with Crippen LogP contribution in [0.1, 0.15) is 24.8 Å². The molecule has 0 aromatic heterocycles. The van der Waals surface area contributed by atoms with Gasteiger partial charge in [0.15, 0.2) is 0 Å². The van der Waals surface area contributed by atoms with Crippen molar-refractivity contribution >= 4 is 5.57 Å².